The average molecular weight is 315 g/mol. The van der Waals surface area contributed by atoms with E-state index in [2.05, 4.69) is 0 Å². The second kappa shape index (κ2) is 6.11. The Hall–Kier alpha value is -1.78. The smallest absolute Gasteiger partial charge is 0.335 e. The summed E-state index contributed by atoms with van der Waals surface area (Å²) in [7, 11) is 0. The zero-order valence-electron chi connectivity index (χ0n) is 10.1. The van der Waals surface area contributed by atoms with Crippen LogP contribution in [0.4, 0.5) is 4.39 Å². The van der Waals surface area contributed by atoms with Crippen LogP contribution in [-0.4, -0.2) is 11.1 Å². The summed E-state index contributed by atoms with van der Waals surface area (Å²) in [6, 6.07) is 8.17. The molecule has 20 heavy (non-hydrogen) atoms. The minimum absolute atomic E-state index is 0.000798. The summed E-state index contributed by atoms with van der Waals surface area (Å²) in [6.07, 6.45) is 0. The van der Waals surface area contributed by atoms with Gasteiger partial charge in [0.25, 0.3) is 0 Å². The predicted molar refractivity (Wildman–Crippen MR) is 74.2 cm³/mol. The lowest BCUT2D eigenvalue weighted by molar-refractivity contribution is 0.0696. The number of hydrogen-bond acceptors (Lipinski definition) is 2. The first-order valence-corrected chi connectivity index (χ1v) is 6.32. The fourth-order valence-electron chi connectivity index (χ4n) is 1.55. The van der Waals surface area contributed by atoms with Gasteiger partial charge in [0, 0.05) is 11.6 Å². The molecule has 3 nitrogen and oxygen atoms in total. The zero-order chi connectivity index (χ0) is 14.7. The molecule has 0 saturated heterocycles. The Kier molecular flexibility index (Phi) is 4.47. The maximum atomic E-state index is 13.6. The normalized spacial score (nSPS) is 10.3. The van der Waals surface area contributed by atoms with Gasteiger partial charge in [0.2, 0.25) is 0 Å². The Morgan fingerprint density at radius 2 is 1.90 bits per heavy atom. The summed E-state index contributed by atoms with van der Waals surface area (Å²) in [6.45, 7) is -0.106. The number of halogens is 3. The maximum absolute atomic E-state index is 13.6. The van der Waals surface area contributed by atoms with Crippen molar-refractivity contribution in [2.24, 2.45) is 0 Å². The van der Waals surface area contributed by atoms with Crippen LogP contribution in [0.2, 0.25) is 10.0 Å². The molecule has 0 aromatic heterocycles. The number of hydrogen-bond donors (Lipinski definition) is 1. The number of carbonyl (C=O) groups is 1. The van der Waals surface area contributed by atoms with Crippen molar-refractivity contribution in [3.8, 4) is 5.75 Å². The van der Waals surface area contributed by atoms with Crippen molar-refractivity contribution in [3.05, 3.63) is 63.4 Å². The van der Waals surface area contributed by atoms with E-state index in [1.165, 1.54) is 18.2 Å². The molecule has 0 aliphatic carbocycles. The summed E-state index contributed by atoms with van der Waals surface area (Å²) >= 11 is 11.6. The van der Waals surface area contributed by atoms with Crippen LogP contribution in [-0.2, 0) is 6.61 Å². The Bertz CT molecular complexity index is 659. The molecule has 6 heteroatoms. The van der Waals surface area contributed by atoms with Crippen LogP contribution in [0, 0.1) is 5.82 Å². The van der Waals surface area contributed by atoms with Gasteiger partial charge < -0.3 is 9.84 Å². The second-order valence-corrected chi connectivity index (χ2v) is 4.79. The predicted octanol–water partition coefficient (Wildman–Crippen LogP) is 4.41. The molecule has 0 bridgehead atoms. The van der Waals surface area contributed by atoms with Crippen molar-refractivity contribution in [1.29, 1.82) is 0 Å². The third-order valence-electron chi connectivity index (χ3n) is 2.58. The van der Waals surface area contributed by atoms with E-state index in [4.69, 9.17) is 33.0 Å². The molecule has 2 rings (SSSR count). The lowest BCUT2D eigenvalue weighted by Gasteiger charge is -2.08. The summed E-state index contributed by atoms with van der Waals surface area (Å²) in [5.41, 5.74) is 0.148. The van der Waals surface area contributed by atoms with Crippen molar-refractivity contribution < 1.29 is 19.0 Å². The van der Waals surface area contributed by atoms with E-state index in [1.807, 2.05) is 0 Å². The van der Waals surface area contributed by atoms with Crippen LogP contribution >= 0.6 is 23.2 Å². The zero-order valence-corrected chi connectivity index (χ0v) is 11.6. The number of carboxylic acid groups (broad SMARTS) is 1. The molecule has 1 N–H and O–H groups in total. The quantitative estimate of drug-likeness (QED) is 0.909. The van der Waals surface area contributed by atoms with Gasteiger partial charge in [-0.15, -0.1) is 0 Å². The molecule has 0 saturated carbocycles. The average Bonchev–Trinajstić information content (AvgIpc) is 2.41. The maximum Gasteiger partial charge on any atom is 0.335 e. The number of carboxylic acids is 1. The van der Waals surface area contributed by atoms with Gasteiger partial charge in [-0.05, 0) is 30.3 Å². The van der Waals surface area contributed by atoms with E-state index >= 15 is 0 Å². The third-order valence-corrected chi connectivity index (χ3v) is 3.32. The minimum Gasteiger partial charge on any atom is -0.489 e. The molecule has 0 spiro atoms. The van der Waals surface area contributed by atoms with Crippen molar-refractivity contribution in [1.82, 2.24) is 0 Å². The number of benzene rings is 2. The first-order valence-electron chi connectivity index (χ1n) is 5.57. The van der Waals surface area contributed by atoms with Gasteiger partial charge in [-0.1, -0.05) is 23.2 Å². The molecule has 2 aromatic carbocycles. The standard InChI is InChI=1S/C14H9Cl2FO3/c15-11-3-2-10(6-12(11)16)20-7-9-5-8(14(18)19)1-4-13(9)17/h1-6H,7H2,(H,18,19). The van der Waals surface area contributed by atoms with Gasteiger partial charge in [0.05, 0.1) is 15.6 Å². The molecule has 0 aliphatic rings. The molecule has 0 radical (unpaired) electrons. The van der Waals surface area contributed by atoms with E-state index in [-0.39, 0.29) is 17.7 Å². The van der Waals surface area contributed by atoms with E-state index < -0.39 is 11.8 Å². The van der Waals surface area contributed by atoms with Gasteiger partial charge in [-0.25, -0.2) is 9.18 Å². The van der Waals surface area contributed by atoms with Crippen LogP contribution in [0.15, 0.2) is 36.4 Å². The Labute approximate surface area is 124 Å². The van der Waals surface area contributed by atoms with E-state index in [9.17, 15) is 9.18 Å². The molecular formula is C14H9Cl2FO3. The van der Waals surface area contributed by atoms with E-state index in [0.29, 0.717) is 15.8 Å². The van der Waals surface area contributed by atoms with Gasteiger partial charge in [0.1, 0.15) is 18.2 Å². The highest BCUT2D eigenvalue weighted by molar-refractivity contribution is 6.42. The first-order chi connectivity index (χ1) is 9.47. The number of aromatic carboxylic acids is 1. The molecular weight excluding hydrogens is 306 g/mol. The van der Waals surface area contributed by atoms with Crippen molar-refractivity contribution in [3.63, 3.8) is 0 Å². The van der Waals surface area contributed by atoms with Gasteiger partial charge in [0.15, 0.2) is 0 Å². The lowest BCUT2D eigenvalue weighted by atomic mass is 10.1. The second-order valence-electron chi connectivity index (χ2n) is 3.98. The Balaban J connectivity index is 2.15. The fourth-order valence-corrected chi connectivity index (χ4v) is 1.83. The van der Waals surface area contributed by atoms with Crippen LogP contribution < -0.4 is 4.74 Å². The molecule has 104 valence electrons. The minimum atomic E-state index is -1.12. The van der Waals surface area contributed by atoms with Gasteiger partial charge >= 0.3 is 5.97 Å². The summed E-state index contributed by atoms with van der Waals surface area (Å²) < 4.78 is 18.9. The van der Waals surface area contributed by atoms with Gasteiger partial charge in [-0.3, -0.25) is 0 Å². The van der Waals surface area contributed by atoms with Gasteiger partial charge in [-0.2, -0.15) is 0 Å². The van der Waals surface area contributed by atoms with Crippen LogP contribution in [0.25, 0.3) is 0 Å². The molecule has 0 heterocycles. The summed E-state index contributed by atoms with van der Waals surface area (Å²) in [5, 5.41) is 9.57. The highest BCUT2D eigenvalue weighted by atomic mass is 35.5. The van der Waals surface area contributed by atoms with Crippen molar-refractivity contribution in [2.45, 2.75) is 6.61 Å². The SMILES string of the molecule is O=C(O)c1ccc(F)c(COc2ccc(Cl)c(Cl)c2)c1. The Morgan fingerprint density at radius 1 is 1.15 bits per heavy atom. The van der Waals surface area contributed by atoms with Crippen molar-refractivity contribution >= 4 is 29.2 Å². The van der Waals surface area contributed by atoms with Crippen LogP contribution in [0.3, 0.4) is 0 Å². The molecule has 0 unspecified atom stereocenters. The summed E-state index contributed by atoms with van der Waals surface area (Å²) in [4.78, 5) is 10.8. The lowest BCUT2D eigenvalue weighted by Crippen LogP contribution is -2.03. The topological polar surface area (TPSA) is 46.5 Å². The Morgan fingerprint density at radius 3 is 2.55 bits per heavy atom. The largest absolute Gasteiger partial charge is 0.489 e. The number of rotatable bonds is 4. The van der Waals surface area contributed by atoms with E-state index in [0.717, 1.165) is 6.07 Å². The number of ether oxygens (including phenoxy) is 1. The monoisotopic (exact) mass is 314 g/mol. The molecule has 0 aliphatic heterocycles. The first kappa shape index (κ1) is 14.6. The van der Waals surface area contributed by atoms with E-state index in [1.54, 1.807) is 12.1 Å². The van der Waals surface area contributed by atoms with Crippen LogP contribution in [0.5, 0.6) is 5.75 Å². The fraction of sp³-hybridized carbons (Fsp3) is 0.0714. The molecule has 0 amide bonds. The summed E-state index contributed by atoms with van der Waals surface area (Å²) in [5.74, 6) is -1.24. The van der Waals surface area contributed by atoms with Crippen LogP contribution in [0.1, 0.15) is 15.9 Å². The molecule has 0 atom stereocenters. The highest BCUT2D eigenvalue weighted by Crippen LogP contribution is 2.27. The highest BCUT2D eigenvalue weighted by Gasteiger charge is 2.09. The molecule has 2 aromatic rings. The third kappa shape index (κ3) is 3.40. The molecule has 0 fully saturated rings. The van der Waals surface area contributed by atoms with Crippen molar-refractivity contribution in [2.75, 3.05) is 0 Å².